The first-order valence-electron chi connectivity index (χ1n) is 7.14. The summed E-state index contributed by atoms with van der Waals surface area (Å²) in [7, 11) is 0. The van der Waals surface area contributed by atoms with E-state index in [0.29, 0.717) is 12.5 Å². The fourth-order valence-electron chi connectivity index (χ4n) is 1.93. The van der Waals surface area contributed by atoms with E-state index in [1.54, 1.807) is 11.8 Å². The van der Waals surface area contributed by atoms with Crippen LogP contribution < -0.4 is 10.2 Å². The molecular weight excluding hydrogens is 268 g/mol. The summed E-state index contributed by atoms with van der Waals surface area (Å²) in [5, 5.41) is 11.9. The van der Waals surface area contributed by atoms with Gasteiger partial charge in [0.1, 0.15) is 12.6 Å². The summed E-state index contributed by atoms with van der Waals surface area (Å²) in [6.07, 6.45) is 0. The van der Waals surface area contributed by atoms with Crippen LogP contribution in [0.2, 0.25) is 0 Å². The Labute approximate surface area is 126 Å². The number of hydrogen-bond acceptors (Lipinski definition) is 3. The van der Waals surface area contributed by atoms with E-state index in [4.69, 9.17) is 5.11 Å². The molecule has 0 saturated heterocycles. The van der Waals surface area contributed by atoms with Crippen molar-refractivity contribution in [2.75, 3.05) is 18.0 Å². The second kappa shape index (κ2) is 7.67. The number of carbonyl (C=O) groups excluding carboxylic acids is 1. The number of aryl methyl sites for hydroxylation is 1. The minimum absolute atomic E-state index is 0.162. The molecule has 1 atom stereocenters. The number of carbonyl (C=O) groups is 2. The molecule has 0 radical (unpaired) electrons. The summed E-state index contributed by atoms with van der Waals surface area (Å²) in [6, 6.07) is 6.95. The molecule has 21 heavy (non-hydrogen) atoms. The van der Waals surface area contributed by atoms with Crippen LogP contribution in [0.15, 0.2) is 24.3 Å². The Balaban J connectivity index is 2.88. The fourth-order valence-corrected chi connectivity index (χ4v) is 1.93. The second-order valence-electron chi connectivity index (χ2n) is 5.67. The Bertz CT molecular complexity index is 483. The lowest BCUT2D eigenvalue weighted by molar-refractivity contribution is -0.135. The van der Waals surface area contributed by atoms with Gasteiger partial charge in [-0.3, -0.25) is 9.59 Å². The molecule has 0 bridgehead atoms. The number of nitrogens with one attached hydrogen (secondary N) is 1. The van der Waals surface area contributed by atoms with E-state index in [2.05, 4.69) is 5.32 Å². The normalized spacial score (nSPS) is 12.0. The molecule has 116 valence electrons. The average molecular weight is 292 g/mol. The van der Waals surface area contributed by atoms with Crippen molar-refractivity contribution in [2.24, 2.45) is 5.92 Å². The smallest absolute Gasteiger partial charge is 0.323 e. The molecule has 1 amide bonds. The lowest BCUT2D eigenvalue weighted by atomic mass is 10.1. The van der Waals surface area contributed by atoms with E-state index in [0.717, 1.165) is 11.3 Å². The highest BCUT2D eigenvalue weighted by Gasteiger charge is 2.23. The predicted molar refractivity (Wildman–Crippen MR) is 83.5 cm³/mol. The van der Waals surface area contributed by atoms with E-state index in [1.807, 2.05) is 45.0 Å². The number of amides is 1. The van der Waals surface area contributed by atoms with Gasteiger partial charge in [-0.1, -0.05) is 31.5 Å². The summed E-state index contributed by atoms with van der Waals surface area (Å²) in [4.78, 5) is 24.8. The van der Waals surface area contributed by atoms with Crippen LogP contribution in [0.5, 0.6) is 0 Å². The Kier molecular flexibility index (Phi) is 6.21. The molecular formula is C16H24N2O3. The van der Waals surface area contributed by atoms with Crippen LogP contribution in [0.3, 0.4) is 0 Å². The first-order valence-corrected chi connectivity index (χ1v) is 7.14. The van der Waals surface area contributed by atoms with Gasteiger partial charge in [0.05, 0.1) is 0 Å². The van der Waals surface area contributed by atoms with Crippen LogP contribution in [-0.2, 0) is 9.59 Å². The number of hydrogen-bond donors (Lipinski definition) is 2. The number of carboxylic acid groups (broad SMARTS) is 1. The topological polar surface area (TPSA) is 69.6 Å². The number of benzene rings is 1. The third-order valence-corrected chi connectivity index (χ3v) is 3.20. The maximum atomic E-state index is 12.2. The van der Waals surface area contributed by atoms with Crippen molar-refractivity contribution in [3.63, 3.8) is 0 Å². The number of nitrogens with zero attached hydrogens (tertiary/aromatic N) is 1. The Morgan fingerprint density at radius 3 is 2.24 bits per heavy atom. The van der Waals surface area contributed by atoms with Gasteiger partial charge in [-0.15, -0.1) is 0 Å². The Hall–Kier alpha value is -2.04. The van der Waals surface area contributed by atoms with Crippen LogP contribution in [-0.4, -0.2) is 36.1 Å². The van der Waals surface area contributed by atoms with E-state index >= 15 is 0 Å². The van der Waals surface area contributed by atoms with Gasteiger partial charge >= 0.3 is 5.97 Å². The van der Waals surface area contributed by atoms with Gasteiger partial charge in [-0.05, 0) is 31.9 Å². The van der Waals surface area contributed by atoms with Gasteiger partial charge < -0.3 is 15.3 Å². The van der Waals surface area contributed by atoms with Crippen LogP contribution in [0.4, 0.5) is 5.69 Å². The number of carboxylic acids is 1. The average Bonchev–Trinajstić information content (AvgIpc) is 2.42. The minimum Gasteiger partial charge on any atom is -0.480 e. The highest BCUT2D eigenvalue weighted by atomic mass is 16.4. The highest BCUT2D eigenvalue weighted by Crippen LogP contribution is 2.18. The van der Waals surface area contributed by atoms with Crippen molar-refractivity contribution >= 4 is 17.6 Å². The van der Waals surface area contributed by atoms with Crippen molar-refractivity contribution in [1.29, 1.82) is 0 Å². The Morgan fingerprint density at radius 1 is 1.19 bits per heavy atom. The summed E-state index contributed by atoms with van der Waals surface area (Å²) in [5.41, 5.74) is 1.82. The first kappa shape index (κ1) is 17.0. The van der Waals surface area contributed by atoms with Gasteiger partial charge in [0.2, 0.25) is 5.91 Å². The zero-order valence-corrected chi connectivity index (χ0v) is 13.1. The molecule has 0 spiro atoms. The zero-order chi connectivity index (χ0) is 16.0. The van der Waals surface area contributed by atoms with Crippen LogP contribution in [0, 0.1) is 12.8 Å². The largest absolute Gasteiger partial charge is 0.480 e. The molecule has 2 N–H and O–H groups in total. The van der Waals surface area contributed by atoms with Crippen LogP contribution in [0.25, 0.3) is 0 Å². The Morgan fingerprint density at radius 2 is 1.76 bits per heavy atom. The number of rotatable bonds is 7. The zero-order valence-electron chi connectivity index (χ0n) is 13.1. The molecule has 0 aromatic heterocycles. The van der Waals surface area contributed by atoms with Gasteiger partial charge in [0.25, 0.3) is 0 Å². The van der Waals surface area contributed by atoms with E-state index in [1.165, 1.54) is 0 Å². The van der Waals surface area contributed by atoms with E-state index < -0.39 is 12.0 Å². The van der Waals surface area contributed by atoms with Crippen molar-refractivity contribution in [3.05, 3.63) is 29.8 Å². The highest BCUT2D eigenvalue weighted by molar-refractivity contribution is 5.87. The molecule has 0 saturated carbocycles. The summed E-state index contributed by atoms with van der Waals surface area (Å²) in [6.45, 7) is 8.08. The monoisotopic (exact) mass is 292 g/mol. The minimum atomic E-state index is -0.959. The van der Waals surface area contributed by atoms with Gasteiger partial charge in [0, 0.05) is 12.2 Å². The van der Waals surface area contributed by atoms with Gasteiger partial charge in [-0.25, -0.2) is 0 Å². The molecule has 0 aliphatic carbocycles. The second-order valence-corrected chi connectivity index (χ2v) is 5.67. The molecule has 5 heteroatoms. The molecule has 1 aromatic carbocycles. The number of aliphatic carboxylic acids is 1. The standard InChI is InChI=1S/C16H24N2O3/c1-11(2)9-17-16(21)13(4)18(10-15(19)20)14-7-5-12(3)6-8-14/h5-8,11,13H,9-10H2,1-4H3,(H,17,21)(H,19,20). The molecule has 5 nitrogen and oxygen atoms in total. The summed E-state index contributed by atoms with van der Waals surface area (Å²) < 4.78 is 0. The molecule has 0 aliphatic heterocycles. The van der Waals surface area contributed by atoms with Crippen LogP contribution >= 0.6 is 0 Å². The molecule has 1 rings (SSSR count). The van der Waals surface area contributed by atoms with E-state index in [-0.39, 0.29) is 12.5 Å². The maximum Gasteiger partial charge on any atom is 0.323 e. The fraction of sp³-hybridized carbons (Fsp3) is 0.500. The first-order chi connectivity index (χ1) is 9.81. The third-order valence-electron chi connectivity index (χ3n) is 3.20. The molecule has 1 aromatic rings. The molecule has 1 unspecified atom stereocenters. The summed E-state index contributed by atoms with van der Waals surface area (Å²) in [5.74, 6) is -0.766. The van der Waals surface area contributed by atoms with Crippen molar-refractivity contribution in [1.82, 2.24) is 5.32 Å². The lowest BCUT2D eigenvalue weighted by Gasteiger charge is -2.29. The van der Waals surface area contributed by atoms with E-state index in [9.17, 15) is 9.59 Å². The lowest BCUT2D eigenvalue weighted by Crippen LogP contribution is -2.48. The van der Waals surface area contributed by atoms with Crippen molar-refractivity contribution in [2.45, 2.75) is 33.7 Å². The van der Waals surface area contributed by atoms with Gasteiger partial charge in [-0.2, -0.15) is 0 Å². The summed E-state index contributed by atoms with van der Waals surface area (Å²) >= 11 is 0. The van der Waals surface area contributed by atoms with Crippen LogP contribution in [0.1, 0.15) is 26.3 Å². The van der Waals surface area contributed by atoms with Crippen molar-refractivity contribution < 1.29 is 14.7 Å². The molecule has 0 aliphatic rings. The van der Waals surface area contributed by atoms with Crippen molar-refractivity contribution in [3.8, 4) is 0 Å². The molecule has 0 heterocycles. The molecule has 0 fully saturated rings. The number of anilines is 1. The van der Waals surface area contributed by atoms with Gasteiger partial charge in [0.15, 0.2) is 0 Å². The third kappa shape index (κ3) is 5.45. The maximum absolute atomic E-state index is 12.2. The quantitative estimate of drug-likeness (QED) is 0.807. The predicted octanol–water partition coefficient (Wildman–Crippen LogP) is 2.05. The SMILES string of the molecule is Cc1ccc(N(CC(=O)O)C(C)C(=O)NCC(C)C)cc1.